The Morgan fingerprint density at radius 2 is 2.00 bits per heavy atom. The summed E-state index contributed by atoms with van der Waals surface area (Å²) in [5.41, 5.74) is 1.30. The van der Waals surface area contributed by atoms with Crippen LogP contribution in [0.15, 0.2) is 48.9 Å². The van der Waals surface area contributed by atoms with E-state index in [1.54, 1.807) is 35.1 Å². The minimum atomic E-state index is -1.01. The lowest BCUT2D eigenvalue weighted by Crippen LogP contribution is -2.12. The third-order valence-electron chi connectivity index (χ3n) is 2.83. The van der Waals surface area contributed by atoms with Crippen molar-refractivity contribution in [3.63, 3.8) is 0 Å². The van der Waals surface area contributed by atoms with Crippen LogP contribution in [0.4, 0.5) is 14.5 Å². The highest BCUT2D eigenvalue weighted by molar-refractivity contribution is 6.04. The molecular weight excluding hydrogens is 264 g/mol. The van der Waals surface area contributed by atoms with E-state index in [0.717, 1.165) is 17.8 Å². The molecule has 0 aliphatic heterocycles. The molecule has 1 N–H and O–H groups in total. The second kappa shape index (κ2) is 4.73. The van der Waals surface area contributed by atoms with Crippen molar-refractivity contribution in [1.82, 2.24) is 9.38 Å². The molecule has 0 saturated heterocycles. The van der Waals surface area contributed by atoms with Crippen LogP contribution in [0.5, 0.6) is 0 Å². The first-order valence-corrected chi connectivity index (χ1v) is 5.82. The number of imidazole rings is 1. The molecule has 1 aromatic carbocycles. The number of nitrogens with one attached hydrogen (secondary N) is 1. The van der Waals surface area contributed by atoms with Gasteiger partial charge in [-0.1, -0.05) is 0 Å². The fourth-order valence-corrected chi connectivity index (χ4v) is 1.83. The number of hydrogen-bond donors (Lipinski definition) is 1. The highest BCUT2D eigenvalue weighted by Gasteiger charge is 2.09. The van der Waals surface area contributed by atoms with Gasteiger partial charge in [-0.3, -0.25) is 4.79 Å². The van der Waals surface area contributed by atoms with Crippen molar-refractivity contribution in [3.8, 4) is 0 Å². The van der Waals surface area contributed by atoms with Crippen LogP contribution in [-0.2, 0) is 0 Å². The molecule has 3 aromatic rings. The number of hydrogen-bond acceptors (Lipinski definition) is 2. The summed E-state index contributed by atoms with van der Waals surface area (Å²) in [5, 5.41) is 2.50. The van der Waals surface area contributed by atoms with Crippen LogP contribution in [0.3, 0.4) is 0 Å². The van der Waals surface area contributed by atoms with Crippen LogP contribution in [0.2, 0.25) is 0 Å². The van der Waals surface area contributed by atoms with Gasteiger partial charge >= 0.3 is 0 Å². The number of fused-ring (bicyclic) bond motifs is 1. The molecule has 0 aliphatic rings. The Balaban J connectivity index is 1.86. The lowest BCUT2D eigenvalue weighted by atomic mass is 10.2. The maximum Gasteiger partial charge on any atom is 0.257 e. The summed E-state index contributed by atoms with van der Waals surface area (Å²) in [6.07, 6.45) is 4.94. The molecule has 2 heterocycles. The molecule has 0 spiro atoms. The molecule has 0 radical (unpaired) electrons. The molecule has 0 atom stereocenters. The van der Waals surface area contributed by atoms with E-state index in [2.05, 4.69) is 10.3 Å². The summed E-state index contributed by atoms with van der Waals surface area (Å²) >= 11 is 0. The largest absolute Gasteiger partial charge is 0.322 e. The molecule has 1 amide bonds. The molecule has 0 fully saturated rings. The molecular formula is C14H9F2N3O. The topological polar surface area (TPSA) is 46.4 Å². The SMILES string of the molecule is O=C(Nc1ccc(F)c(F)c1)c1ccc2nccn2c1. The predicted molar refractivity (Wildman–Crippen MR) is 69.5 cm³/mol. The Hall–Kier alpha value is -2.76. The van der Waals surface area contributed by atoms with Gasteiger partial charge in [0.25, 0.3) is 5.91 Å². The molecule has 2 aromatic heterocycles. The summed E-state index contributed by atoms with van der Waals surface area (Å²) in [7, 11) is 0. The van der Waals surface area contributed by atoms with Crippen molar-refractivity contribution in [2.45, 2.75) is 0 Å². The molecule has 0 saturated carbocycles. The van der Waals surface area contributed by atoms with Crippen LogP contribution >= 0.6 is 0 Å². The number of amides is 1. The number of pyridine rings is 1. The van der Waals surface area contributed by atoms with E-state index in [0.29, 0.717) is 5.56 Å². The molecule has 0 aliphatic carbocycles. The van der Waals surface area contributed by atoms with E-state index in [9.17, 15) is 13.6 Å². The molecule has 3 rings (SSSR count). The van der Waals surface area contributed by atoms with Gasteiger partial charge in [-0.25, -0.2) is 13.8 Å². The Bertz CT molecular complexity index is 798. The molecule has 20 heavy (non-hydrogen) atoms. The summed E-state index contributed by atoms with van der Waals surface area (Å²) in [6.45, 7) is 0. The first kappa shape index (κ1) is 12.3. The van der Waals surface area contributed by atoms with Crippen LogP contribution in [0.1, 0.15) is 10.4 Å². The van der Waals surface area contributed by atoms with Crippen molar-refractivity contribution in [1.29, 1.82) is 0 Å². The molecule has 6 heteroatoms. The number of anilines is 1. The van der Waals surface area contributed by atoms with Gasteiger partial charge < -0.3 is 9.72 Å². The number of nitrogens with zero attached hydrogens (tertiary/aromatic N) is 2. The van der Waals surface area contributed by atoms with Gasteiger partial charge in [0, 0.05) is 30.3 Å². The molecule has 0 unspecified atom stereocenters. The first-order chi connectivity index (χ1) is 9.63. The smallest absolute Gasteiger partial charge is 0.257 e. The highest BCUT2D eigenvalue weighted by Crippen LogP contribution is 2.14. The lowest BCUT2D eigenvalue weighted by Gasteiger charge is -2.06. The number of carbonyl (C=O) groups excluding carboxylic acids is 1. The van der Waals surface area contributed by atoms with E-state index in [1.807, 2.05) is 0 Å². The van der Waals surface area contributed by atoms with Crippen LogP contribution in [-0.4, -0.2) is 15.3 Å². The number of carbonyl (C=O) groups is 1. The summed E-state index contributed by atoms with van der Waals surface area (Å²) in [5.74, 6) is -2.37. The van der Waals surface area contributed by atoms with E-state index < -0.39 is 17.5 Å². The lowest BCUT2D eigenvalue weighted by molar-refractivity contribution is 0.102. The van der Waals surface area contributed by atoms with E-state index in [4.69, 9.17) is 0 Å². The standard InChI is InChI=1S/C14H9F2N3O/c15-11-3-2-10(7-12(11)16)18-14(20)9-1-4-13-17-5-6-19(13)8-9/h1-8H,(H,18,20). The normalized spacial score (nSPS) is 10.7. The molecule has 0 bridgehead atoms. The van der Waals surface area contributed by atoms with Crippen molar-refractivity contribution >= 4 is 17.2 Å². The molecule has 100 valence electrons. The third kappa shape index (κ3) is 2.23. The minimum Gasteiger partial charge on any atom is -0.322 e. The van der Waals surface area contributed by atoms with Crippen molar-refractivity contribution < 1.29 is 13.6 Å². The maximum atomic E-state index is 13.1. The molecule has 4 nitrogen and oxygen atoms in total. The summed E-state index contributed by atoms with van der Waals surface area (Å²) < 4.78 is 27.6. The number of halogens is 2. The average Bonchev–Trinajstić information content (AvgIpc) is 2.90. The second-order valence-electron chi connectivity index (χ2n) is 4.19. The average molecular weight is 273 g/mol. The van der Waals surface area contributed by atoms with Crippen LogP contribution in [0, 0.1) is 11.6 Å². The zero-order valence-electron chi connectivity index (χ0n) is 10.2. The van der Waals surface area contributed by atoms with E-state index in [-0.39, 0.29) is 5.69 Å². The van der Waals surface area contributed by atoms with Gasteiger partial charge in [0.1, 0.15) is 5.65 Å². The van der Waals surface area contributed by atoms with E-state index in [1.165, 1.54) is 6.07 Å². The second-order valence-corrected chi connectivity index (χ2v) is 4.19. The van der Waals surface area contributed by atoms with Crippen LogP contribution in [0.25, 0.3) is 5.65 Å². The number of rotatable bonds is 2. The quantitative estimate of drug-likeness (QED) is 0.780. The Labute approximate surface area is 112 Å². The Morgan fingerprint density at radius 1 is 1.15 bits per heavy atom. The van der Waals surface area contributed by atoms with Gasteiger partial charge in [0.2, 0.25) is 0 Å². The third-order valence-corrected chi connectivity index (χ3v) is 2.83. The van der Waals surface area contributed by atoms with Gasteiger partial charge in [-0.15, -0.1) is 0 Å². The maximum absolute atomic E-state index is 13.1. The zero-order chi connectivity index (χ0) is 14.1. The van der Waals surface area contributed by atoms with Crippen LogP contribution < -0.4 is 5.32 Å². The Morgan fingerprint density at radius 3 is 2.80 bits per heavy atom. The monoisotopic (exact) mass is 273 g/mol. The first-order valence-electron chi connectivity index (χ1n) is 5.82. The van der Waals surface area contributed by atoms with Gasteiger partial charge in [0.15, 0.2) is 11.6 Å². The summed E-state index contributed by atoms with van der Waals surface area (Å²) in [6, 6.07) is 6.50. The fraction of sp³-hybridized carbons (Fsp3) is 0. The number of benzene rings is 1. The van der Waals surface area contributed by atoms with Crippen molar-refractivity contribution in [2.24, 2.45) is 0 Å². The van der Waals surface area contributed by atoms with Gasteiger partial charge in [-0.05, 0) is 24.3 Å². The minimum absolute atomic E-state index is 0.194. The van der Waals surface area contributed by atoms with E-state index >= 15 is 0 Å². The van der Waals surface area contributed by atoms with Gasteiger partial charge in [0.05, 0.1) is 5.56 Å². The summed E-state index contributed by atoms with van der Waals surface area (Å²) in [4.78, 5) is 16.1. The van der Waals surface area contributed by atoms with Crippen molar-refractivity contribution in [3.05, 3.63) is 66.1 Å². The zero-order valence-corrected chi connectivity index (χ0v) is 10.2. The number of aromatic nitrogens is 2. The Kier molecular flexibility index (Phi) is 2.90. The van der Waals surface area contributed by atoms with Crippen molar-refractivity contribution in [2.75, 3.05) is 5.32 Å². The predicted octanol–water partition coefficient (Wildman–Crippen LogP) is 2.86. The fourth-order valence-electron chi connectivity index (χ4n) is 1.83. The highest BCUT2D eigenvalue weighted by atomic mass is 19.2. The van der Waals surface area contributed by atoms with Gasteiger partial charge in [-0.2, -0.15) is 0 Å².